The van der Waals surface area contributed by atoms with Gasteiger partial charge < -0.3 is 5.32 Å². The second-order valence-electron chi connectivity index (χ2n) is 6.24. The number of nitrogens with zero attached hydrogens (tertiary/aromatic N) is 3. The molecule has 0 aromatic rings. The number of hydrogen-bond donors (Lipinski definition) is 1. The predicted molar refractivity (Wildman–Crippen MR) is 82.4 cm³/mol. The van der Waals surface area contributed by atoms with E-state index in [1.165, 1.54) is 10.6 Å². The molecular formula is C14H24N4O3S. The molecule has 0 spiro atoms. The third kappa shape index (κ3) is 4.41. The fourth-order valence-electron chi connectivity index (χ4n) is 3.15. The van der Waals surface area contributed by atoms with Crippen LogP contribution in [0.15, 0.2) is 0 Å². The van der Waals surface area contributed by atoms with Gasteiger partial charge in [-0.05, 0) is 12.8 Å². The molecule has 8 heteroatoms. The van der Waals surface area contributed by atoms with Gasteiger partial charge in [-0.3, -0.25) is 9.69 Å². The Bertz CT molecular complexity index is 541. The number of nitriles is 1. The van der Waals surface area contributed by atoms with Gasteiger partial charge in [0.15, 0.2) is 0 Å². The minimum absolute atomic E-state index is 0.142. The average molecular weight is 328 g/mol. The van der Waals surface area contributed by atoms with E-state index >= 15 is 0 Å². The third-order valence-electron chi connectivity index (χ3n) is 4.47. The minimum atomic E-state index is -3.15. The maximum absolute atomic E-state index is 12.2. The van der Waals surface area contributed by atoms with Crippen LogP contribution in [-0.4, -0.2) is 68.0 Å². The topological polar surface area (TPSA) is 93.5 Å². The number of sulfonamides is 1. The summed E-state index contributed by atoms with van der Waals surface area (Å²) in [7, 11) is -3.15. The van der Waals surface area contributed by atoms with Crippen LogP contribution in [-0.2, 0) is 14.8 Å². The van der Waals surface area contributed by atoms with Crippen LogP contribution < -0.4 is 5.32 Å². The first-order valence-corrected chi connectivity index (χ1v) is 9.59. The summed E-state index contributed by atoms with van der Waals surface area (Å²) in [6.45, 7) is 2.13. The Balaban J connectivity index is 1.82. The fraction of sp³-hybridized carbons (Fsp3) is 0.857. The Hall–Kier alpha value is -1.17. The van der Waals surface area contributed by atoms with Gasteiger partial charge in [-0.25, -0.2) is 8.42 Å². The molecule has 1 heterocycles. The molecular weight excluding hydrogens is 304 g/mol. The average Bonchev–Trinajstić information content (AvgIpc) is 2.47. The number of rotatable bonds is 4. The number of hydrogen-bond acceptors (Lipinski definition) is 5. The summed E-state index contributed by atoms with van der Waals surface area (Å²) >= 11 is 0. The van der Waals surface area contributed by atoms with Crippen LogP contribution in [0.5, 0.6) is 0 Å². The van der Waals surface area contributed by atoms with Gasteiger partial charge in [-0.2, -0.15) is 9.57 Å². The van der Waals surface area contributed by atoms with Crippen molar-refractivity contribution in [3.63, 3.8) is 0 Å². The summed E-state index contributed by atoms with van der Waals surface area (Å²) < 4.78 is 24.3. The predicted octanol–water partition coefficient (Wildman–Crippen LogP) is -0.0937. The van der Waals surface area contributed by atoms with Crippen molar-refractivity contribution in [3.8, 4) is 6.07 Å². The Kier molecular flexibility index (Phi) is 5.42. The summed E-state index contributed by atoms with van der Waals surface area (Å²) in [5, 5.41) is 12.3. The van der Waals surface area contributed by atoms with Crippen LogP contribution in [0, 0.1) is 11.3 Å². The minimum Gasteiger partial charge on any atom is -0.337 e. The van der Waals surface area contributed by atoms with Gasteiger partial charge >= 0.3 is 0 Å². The van der Waals surface area contributed by atoms with Crippen LogP contribution in [0.1, 0.15) is 32.1 Å². The van der Waals surface area contributed by atoms with Crippen molar-refractivity contribution in [1.29, 1.82) is 5.26 Å². The quantitative estimate of drug-likeness (QED) is 0.778. The summed E-state index contributed by atoms with van der Waals surface area (Å²) in [6, 6.07) is 2.27. The van der Waals surface area contributed by atoms with Crippen LogP contribution in [0.2, 0.25) is 0 Å². The smallest absolute Gasteiger partial charge is 0.235 e. The zero-order valence-corrected chi connectivity index (χ0v) is 13.9. The highest BCUT2D eigenvalue weighted by molar-refractivity contribution is 7.88. The van der Waals surface area contributed by atoms with Gasteiger partial charge in [0.05, 0.1) is 18.9 Å². The van der Waals surface area contributed by atoms with E-state index in [0.29, 0.717) is 26.2 Å². The zero-order chi connectivity index (χ0) is 16.2. The van der Waals surface area contributed by atoms with Crippen LogP contribution in [0.4, 0.5) is 0 Å². The standard InChI is InChI=1S/C14H24N4O3S/c1-22(20,21)18-9-7-17(8-10-18)11-13(19)16-14(12-15)5-3-2-4-6-14/h2-11H2,1H3,(H,16,19). The van der Waals surface area contributed by atoms with Gasteiger partial charge in [-0.1, -0.05) is 19.3 Å². The van der Waals surface area contributed by atoms with Gasteiger partial charge in [0.2, 0.25) is 15.9 Å². The lowest BCUT2D eigenvalue weighted by molar-refractivity contribution is -0.124. The number of piperazine rings is 1. The van der Waals surface area contributed by atoms with Crippen LogP contribution >= 0.6 is 0 Å². The van der Waals surface area contributed by atoms with Crippen molar-refractivity contribution < 1.29 is 13.2 Å². The van der Waals surface area contributed by atoms with Crippen molar-refractivity contribution in [2.24, 2.45) is 0 Å². The molecule has 2 aliphatic rings. The summed E-state index contributed by atoms with van der Waals surface area (Å²) in [6.07, 6.45) is 5.71. The van der Waals surface area contributed by atoms with E-state index in [9.17, 15) is 18.5 Å². The second-order valence-corrected chi connectivity index (χ2v) is 8.22. The Labute approximate surface area is 132 Å². The molecule has 0 bridgehead atoms. The SMILES string of the molecule is CS(=O)(=O)N1CCN(CC(=O)NC2(C#N)CCCCC2)CC1. The Morgan fingerprint density at radius 1 is 1.18 bits per heavy atom. The number of carbonyl (C=O) groups is 1. The molecule has 2 rings (SSSR count). The molecule has 1 aliphatic carbocycles. The lowest BCUT2D eigenvalue weighted by atomic mass is 9.83. The first-order valence-electron chi connectivity index (χ1n) is 7.74. The van der Waals surface area contributed by atoms with Gasteiger partial charge in [0, 0.05) is 26.2 Å². The maximum atomic E-state index is 12.2. The van der Waals surface area contributed by atoms with Crippen LogP contribution in [0.3, 0.4) is 0 Å². The molecule has 1 aliphatic heterocycles. The molecule has 2 fully saturated rings. The largest absolute Gasteiger partial charge is 0.337 e. The van der Waals surface area contributed by atoms with E-state index < -0.39 is 15.6 Å². The van der Waals surface area contributed by atoms with E-state index in [1.807, 2.05) is 4.90 Å². The molecule has 1 saturated heterocycles. The van der Waals surface area contributed by atoms with Crippen molar-refractivity contribution in [2.75, 3.05) is 39.0 Å². The van der Waals surface area contributed by atoms with Crippen molar-refractivity contribution in [2.45, 2.75) is 37.6 Å². The lowest BCUT2D eigenvalue weighted by Crippen LogP contribution is -2.54. The number of nitrogens with one attached hydrogen (secondary N) is 1. The van der Waals surface area contributed by atoms with E-state index in [1.54, 1.807) is 0 Å². The molecule has 0 radical (unpaired) electrons. The van der Waals surface area contributed by atoms with E-state index in [0.717, 1.165) is 32.1 Å². The lowest BCUT2D eigenvalue weighted by Gasteiger charge is -2.35. The van der Waals surface area contributed by atoms with Crippen LogP contribution in [0.25, 0.3) is 0 Å². The molecule has 0 atom stereocenters. The Morgan fingerprint density at radius 2 is 1.77 bits per heavy atom. The Morgan fingerprint density at radius 3 is 2.27 bits per heavy atom. The maximum Gasteiger partial charge on any atom is 0.235 e. The highest BCUT2D eigenvalue weighted by atomic mass is 32.2. The monoisotopic (exact) mass is 328 g/mol. The highest BCUT2D eigenvalue weighted by Crippen LogP contribution is 2.27. The normalized spacial score (nSPS) is 23.6. The molecule has 1 N–H and O–H groups in total. The zero-order valence-electron chi connectivity index (χ0n) is 13.0. The molecule has 7 nitrogen and oxygen atoms in total. The third-order valence-corrected chi connectivity index (χ3v) is 5.77. The van der Waals surface area contributed by atoms with Crippen molar-refractivity contribution in [1.82, 2.24) is 14.5 Å². The molecule has 124 valence electrons. The second kappa shape index (κ2) is 6.94. The molecule has 0 aromatic heterocycles. The van der Waals surface area contributed by atoms with E-state index in [-0.39, 0.29) is 12.5 Å². The highest BCUT2D eigenvalue weighted by Gasteiger charge is 2.34. The van der Waals surface area contributed by atoms with E-state index in [2.05, 4.69) is 11.4 Å². The number of amides is 1. The molecule has 0 unspecified atom stereocenters. The molecule has 1 saturated carbocycles. The molecule has 22 heavy (non-hydrogen) atoms. The molecule has 0 aromatic carbocycles. The summed E-state index contributed by atoms with van der Waals surface area (Å²) in [5.74, 6) is -0.142. The summed E-state index contributed by atoms with van der Waals surface area (Å²) in [4.78, 5) is 14.1. The van der Waals surface area contributed by atoms with Crippen molar-refractivity contribution >= 4 is 15.9 Å². The first-order chi connectivity index (χ1) is 10.3. The van der Waals surface area contributed by atoms with Gasteiger partial charge in [-0.15, -0.1) is 0 Å². The molecule has 1 amide bonds. The van der Waals surface area contributed by atoms with E-state index in [4.69, 9.17) is 0 Å². The fourth-order valence-corrected chi connectivity index (χ4v) is 3.98. The van der Waals surface area contributed by atoms with Gasteiger partial charge in [0.1, 0.15) is 5.54 Å². The summed E-state index contributed by atoms with van der Waals surface area (Å²) in [5.41, 5.74) is -0.704. The number of carbonyl (C=O) groups excluding carboxylic acids is 1. The van der Waals surface area contributed by atoms with Crippen molar-refractivity contribution in [3.05, 3.63) is 0 Å². The first kappa shape index (κ1) is 17.2. The van der Waals surface area contributed by atoms with Gasteiger partial charge in [0.25, 0.3) is 0 Å².